The summed E-state index contributed by atoms with van der Waals surface area (Å²) in [4.78, 5) is 5.87. The van der Waals surface area contributed by atoms with Gasteiger partial charge in [0, 0.05) is 23.7 Å². The van der Waals surface area contributed by atoms with Crippen LogP contribution in [0.4, 0.5) is 0 Å². The Kier molecular flexibility index (Phi) is 4.26. The number of hydrogen-bond acceptors (Lipinski definition) is 3. The molecule has 0 radical (unpaired) electrons. The number of thiophene rings is 1. The van der Waals surface area contributed by atoms with E-state index in [1.54, 1.807) is 0 Å². The fourth-order valence-corrected chi connectivity index (χ4v) is 3.87. The highest BCUT2D eigenvalue weighted by Crippen LogP contribution is 2.37. The molecule has 100 valence electrons. The van der Waals surface area contributed by atoms with Gasteiger partial charge >= 0.3 is 0 Å². The molecule has 1 unspecified atom stereocenters. The Morgan fingerprint density at radius 2 is 2.11 bits per heavy atom. The summed E-state index contributed by atoms with van der Waals surface area (Å²) >= 11 is 1.87. The van der Waals surface area contributed by atoms with Crippen LogP contribution in [0.25, 0.3) is 0 Å². The van der Waals surface area contributed by atoms with E-state index in [0.717, 1.165) is 18.2 Å². The molecule has 2 aromatic heterocycles. The third-order valence-electron chi connectivity index (χ3n) is 3.95. The van der Waals surface area contributed by atoms with Crippen LogP contribution in [0.2, 0.25) is 0 Å². The van der Waals surface area contributed by atoms with Gasteiger partial charge in [0.2, 0.25) is 0 Å². The summed E-state index contributed by atoms with van der Waals surface area (Å²) in [6, 6.07) is 11.0. The molecule has 19 heavy (non-hydrogen) atoms. The van der Waals surface area contributed by atoms with Crippen molar-refractivity contribution in [2.75, 3.05) is 0 Å². The van der Waals surface area contributed by atoms with Crippen LogP contribution in [0.1, 0.15) is 42.3 Å². The summed E-state index contributed by atoms with van der Waals surface area (Å²) < 4.78 is 0. The number of hydrogen-bond donors (Lipinski definition) is 1. The molecular weight excluding hydrogens is 252 g/mol. The van der Waals surface area contributed by atoms with Crippen molar-refractivity contribution in [3.8, 4) is 0 Å². The second-order valence-corrected chi connectivity index (χ2v) is 6.22. The minimum atomic E-state index is 0.504. The van der Waals surface area contributed by atoms with Crippen LogP contribution in [0.15, 0.2) is 41.9 Å². The largest absolute Gasteiger partial charge is 0.303 e. The average Bonchev–Trinajstić information content (AvgIpc) is 3.13. The van der Waals surface area contributed by atoms with E-state index in [2.05, 4.69) is 39.9 Å². The number of nitrogens with one attached hydrogen (secondary N) is 1. The SMILES string of the molecule is c1ccc(CNC(c2cccs2)C2CCCC2)nc1. The molecule has 1 atom stereocenters. The molecule has 0 aromatic carbocycles. The Morgan fingerprint density at radius 1 is 1.21 bits per heavy atom. The summed E-state index contributed by atoms with van der Waals surface area (Å²) in [7, 11) is 0. The van der Waals surface area contributed by atoms with Crippen molar-refractivity contribution in [3.05, 3.63) is 52.5 Å². The maximum atomic E-state index is 4.40. The van der Waals surface area contributed by atoms with Crippen LogP contribution in [-0.4, -0.2) is 4.98 Å². The molecule has 0 amide bonds. The molecule has 1 saturated carbocycles. The Hall–Kier alpha value is -1.19. The van der Waals surface area contributed by atoms with Crippen LogP contribution in [0.3, 0.4) is 0 Å². The van der Waals surface area contributed by atoms with E-state index >= 15 is 0 Å². The van der Waals surface area contributed by atoms with Crippen LogP contribution in [0, 0.1) is 5.92 Å². The van der Waals surface area contributed by atoms with E-state index in [0.29, 0.717) is 6.04 Å². The summed E-state index contributed by atoms with van der Waals surface area (Å²) in [6.45, 7) is 0.861. The Balaban J connectivity index is 1.69. The number of rotatable bonds is 5. The zero-order chi connectivity index (χ0) is 12.9. The zero-order valence-electron chi connectivity index (χ0n) is 11.1. The first-order chi connectivity index (χ1) is 9.43. The quantitative estimate of drug-likeness (QED) is 0.884. The Labute approximate surface area is 118 Å². The third-order valence-corrected chi connectivity index (χ3v) is 4.91. The monoisotopic (exact) mass is 272 g/mol. The zero-order valence-corrected chi connectivity index (χ0v) is 11.9. The molecule has 0 saturated heterocycles. The van der Waals surface area contributed by atoms with Crippen molar-refractivity contribution in [2.45, 2.75) is 38.3 Å². The molecule has 3 rings (SSSR count). The fourth-order valence-electron chi connectivity index (χ4n) is 2.98. The molecule has 1 fully saturated rings. The summed E-state index contributed by atoms with van der Waals surface area (Å²) in [5.41, 5.74) is 1.13. The minimum absolute atomic E-state index is 0.504. The van der Waals surface area contributed by atoms with Crippen LogP contribution < -0.4 is 5.32 Å². The number of aromatic nitrogens is 1. The van der Waals surface area contributed by atoms with E-state index in [1.807, 2.05) is 23.6 Å². The molecule has 0 aliphatic heterocycles. The first-order valence-electron chi connectivity index (χ1n) is 7.10. The van der Waals surface area contributed by atoms with Gasteiger partial charge in [-0.3, -0.25) is 4.98 Å². The lowest BCUT2D eigenvalue weighted by Crippen LogP contribution is -2.26. The fraction of sp³-hybridized carbons (Fsp3) is 0.438. The molecule has 1 aliphatic carbocycles. The molecule has 2 nitrogen and oxygen atoms in total. The first kappa shape index (κ1) is 12.8. The van der Waals surface area contributed by atoms with E-state index < -0.39 is 0 Å². The van der Waals surface area contributed by atoms with Gasteiger partial charge in [-0.15, -0.1) is 11.3 Å². The van der Waals surface area contributed by atoms with Crippen molar-refractivity contribution in [1.82, 2.24) is 10.3 Å². The molecule has 3 heteroatoms. The normalized spacial score (nSPS) is 17.7. The van der Waals surface area contributed by atoms with E-state index in [9.17, 15) is 0 Å². The standard InChI is InChI=1S/C16H20N2S/c1-2-7-13(6-1)16(15-9-5-11-19-15)18-12-14-8-3-4-10-17-14/h3-5,8-11,13,16,18H,1-2,6-7,12H2. The minimum Gasteiger partial charge on any atom is -0.303 e. The van der Waals surface area contributed by atoms with Crippen LogP contribution in [-0.2, 0) is 6.54 Å². The molecule has 1 aliphatic rings. The molecule has 0 spiro atoms. The van der Waals surface area contributed by atoms with E-state index in [1.165, 1.54) is 30.6 Å². The van der Waals surface area contributed by atoms with Gasteiger partial charge in [-0.25, -0.2) is 0 Å². The lowest BCUT2D eigenvalue weighted by Gasteiger charge is -2.23. The smallest absolute Gasteiger partial charge is 0.0541 e. The van der Waals surface area contributed by atoms with Crippen LogP contribution >= 0.6 is 11.3 Å². The molecule has 2 aromatic rings. The van der Waals surface area contributed by atoms with Crippen molar-refractivity contribution in [3.63, 3.8) is 0 Å². The lowest BCUT2D eigenvalue weighted by atomic mass is 9.96. The second-order valence-electron chi connectivity index (χ2n) is 5.24. The van der Waals surface area contributed by atoms with Gasteiger partial charge < -0.3 is 5.32 Å². The molecular formula is C16H20N2S. The van der Waals surface area contributed by atoms with Crippen molar-refractivity contribution >= 4 is 11.3 Å². The van der Waals surface area contributed by atoms with Gasteiger partial charge in [0.25, 0.3) is 0 Å². The number of nitrogens with zero attached hydrogens (tertiary/aromatic N) is 1. The lowest BCUT2D eigenvalue weighted by molar-refractivity contribution is 0.369. The van der Waals surface area contributed by atoms with E-state index in [-0.39, 0.29) is 0 Å². The molecule has 0 bridgehead atoms. The highest BCUT2D eigenvalue weighted by Gasteiger charge is 2.26. The van der Waals surface area contributed by atoms with Gasteiger partial charge in [-0.2, -0.15) is 0 Å². The number of pyridine rings is 1. The molecule has 2 heterocycles. The summed E-state index contributed by atoms with van der Waals surface area (Å²) in [5, 5.41) is 5.91. The summed E-state index contributed by atoms with van der Waals surface area (Å²) in [5.74, 6) is 0.794. The maximum Gasteiger partial charge on any atom is 0.0541 e. The van der Waals surface area contributed by atoms with Gasteiger partial charge in [0.1, 0.15) is 0 Å². The molecule has 1 N–H and O–H groups in total. The van der Waals surface area contributed by atoms with Crippen molar-refractivity contribution < 1.29 is 0 Å². The predicted molar refractivity (Wildman–Crippen MR) is 80.1 cm³/mol. The third kappa shape index (κ3) is 3.23. The van der Waals surface area contributed by atoms with E-state index in [4.69, 9.17) is 0 Å². The highest BCUT2D eigenvalue weighted by atomic mass is 32.1. The maximum absolute atomic E-state index is 4.40. The second kappa shape index (κ2) is 6.31. The van der Waals surface area contributed by atoms with Gasteiger partial charge in [-0.1, -0.05) is 25.0 Å². The van der Waals surface area contributed by atoms with Gasteiger partial charge in [0.05, 0.1) is 5.69 Å². The summed E-state index contributed by atoms with van der Waals surface area (Å²) in [6.07, 6.45) is 7.36. The highest BCUT2D eigenvalue weighted by molar-refractivity contribution is 7.10. The Bertz CT molecular complexity index is 475. The topological polar surface area (TPSA) is 24.9 Å². The van der Waals surface area contributed by atoms with Gasteiger partial charge in [-0.05, 0) is 42.3 Å². The van der Waals surface area contributed by atoms with Crippen molar-refractivity contribution in [1.29, 1.82) is 0 Å². The van der Waals surface area contributed by atoms with Gasteiger partial charge in [0.15, 0.2) is 0 Å². The van der Waals surface area contributed by atoms with Crippen LogP contribution in [0.5, 0.6) is 0 Å². The Morgan fingerprint density at radius 3 is 2.79 bits per heavy atom. The van der Waals surface area contributed by atoms with Crippen molar-refractivity contribution in [2.24, 2.45) is 5.92 Å². The predicted octanol–water partition coefficient (Wildman–Crippen LogP) is 4.16. The first-order valence-corrected chi connectivity index (χ1v) is 7.98. The average molecular weight is 272 g/mol.